The van der Waals surface area contributed by atoms with E-state index in [9.17, 15) is 0 Å². The average molecular weight is 237 g/mol. The highest BCUT2D eigenvalue weighted by Gasteiger charge is 2.30. The first-order chi connectivity index (χ1) is 8.09. The summed E-state index contributed by atoms with van der Waals surface area (Å²) in [4.78, 5) is 4.36. The van der Waals surface area contributed by atoms with E-state index in [1.54, 1.807) is 0 Å². The van der Waals surface area contributed by atoms with Gasteiger partial charge in [0.15, 0.2) is 0 Å². The van der Waals surface area contributed by atoms with E-state index < -0.39 is 0 Å². The smallest absolute Gasteiger partial charge is 0.202 e. The lowest BCUT2D eigenvalue weighted by Gasteiger charge is -2.24. The first kappa shape index (κ1) is 12.4. The highest BCUT2D eigenvalue weighted by atomic mass is 16.5. The van der Waals surface area contributed by atoms with Crippen LogP contribution in [0.4, 0.5) is 5.95 Å². The van der Waals surface area contributed by atoms with Gasteiger partial charge in [-0.05, 0) is 25.7 Å². The monoisotopic (exact) mass is 237 g/mol. The Balaban J connectivity index is 1.98. The fourth-order valence-electron chi connectivity index (χ4n) is 2.22. The van der Waals surface area contributed by atoms with Crippen LogP contribution in [-0.4, -0.2) is 28.3 Å². The minimum Gasteiger partial charge on any atom is -0.373 e. The molecule has 1 aromatic rings. The van der Waals surface area contributed by atoms with Crippen molar-refractivity contribution < 1.29 is 4.74 Å². The molecule has 0 saturated carbocycles. The molecule has 4 heteroatoms. The summed E-state index contributed by atoms with van der Waals surface area (Å²) in [5.41, 5.74) is -0.0189. The van der Waals surface area contributed by atoms with Gasteiger partial charge >= 0.3 is 0 Å². The average Bonchev–Trinajstić information content (AvgIpc) is 2.85. The van der Waals surface area contributed by atoms with Crippen LogP contribution >= 0.6 is 0 Å². The molecule has 4 nitrogen and oxygen atoms in total. The summed E-state index contributed by atoms with van der Waals surface area (Å²) in [6, 6.07) is 0. The minimum absolute atomic E-state index is 0.0189. The van der Waals surface area contributed by atoms with E-state index in [2.05, 4.69) is 35.6 Å². The second-order valence-corrected chi connectivity index (χ2v) is 5.56. The van der Waals surface area contributed by atoms with Crippen LogP contribution < -0.4 is 5.32 Å². The van der Waals surface area contributed by atoms with Crippen molar-refractivity contribution in [3.8, 4) is 0 Å². The van der Waals surface area contributed by atoms with Gasteiger partial charge in [-0.1, -0.05) is 13.8 Å². The van der Waals surface area contributed by atoms with Crippen molar-refractivity contribution in [1.82, 2.24) is 9.55 Å². The molecule has 0 radical (unpaired) electrons. The molecular formula is C13H23N3O. The highest BCUT2D eigenvalue weighted by molar-refractivity contribution is 5.26. The van der Waals surface area contributed by atoms with E-state index in [1.807, 2.05) is 12.4 Å². The van der Waals surface area contributed by atoms with Gasteiger partial charge < -0.3 is 14.6 Å². The molecule has 0 aromatic carbocycles. The third-order valence-electron chi connectivity index (χ3n) is 3.19. The van der Waals surface area contributed by atoms with Crippen molar-refractivity contribution in [3.63, 3.8) is 0 Å². The van der Waals surface area contributed by atoms with Crippen LogP contribution in [0.3, 0.4) is 0 Å². The number of rotatable bonds is 5. The van der Waals surface area contributed by atoms with Gasteiger partial charge in [0.05, 0.1) is 12.1 Å². The van der Waals surface area contributed by atoms with E-state index in [4.69, 9.17) is 4.74 Å². The molecule has 2 heterocycles. The number of ether oxygens (including phenoxy) is 1. The van der Waals surface area contributed by atoms with Crippen molar-refractivity contribution in [2.24, 2.45) is 5.92 Å². The van der Waals surface area contributed by atoms with Gasteiger partial charge in [0.1, 0.15) is 0 Å². The van der Waals surface area contributed by atoms with Crippen molar-refractivity contribution >= 4 is 5.95 Å². The standard InChI is InChI=1S/C13H23N3O/c1-11(2)9-15-12-14-6-7-16(12)10-13(3)5-4-8-17-13/h6-7,11H,4-5,8-10H2,1-3H3,(H,14,15). The molecule has 0 bridgehead atoms. The summed E-state index contributed by atoms with van der Waals surface area (Å²) < 4.78 is 7.98. The maximum atomic E-state index is 5.82. The Kier molecular flexibility index (Phi) is 3.72. The minimum atomic E-state index is -0.0189. The van der Waals surface area contributed by atoms with Crippen LogP contribution in [0.15, 0.2) is 12.4 Å². The summed E-state index contributed by atoms with van der Waals surface area (Å²) in [7, 11) is 0. The van der Waals surface area contributed by atoms with Crippen LogP contribution in [0, 0.1) is 5.92 Å². The number of hydrogen-bond acceptors (Lipinski definition) is 3. The largest absolute Gasteiger partial charge is 0.373 e. The molecule has 0 spiro atoms. The van der Waals surface area contributed by atoms with Gasteiger partial charge in [-0.15, -0.1) is 0 Å². The van der Waals surface area contributed by atoms with Crippen LogP contribution in [0.25, 0.3) is 0 Å². The lowest BCUT2D eigenvalue weighted by molar-refractivity contribution is 0.00663. The lowest BCUT2D eigenvalue weighted by atomic mass is 10.0. The summed E-state index contributed by atoms with van der Waals surface area (Å²) in [6.07, 6.45) is 6.17. The summed E-state index contributed by atoms with van der Waals surface area (Å²) in [5, 5.41) is 3.38. The number of hydrogen-bond donors (Lipinski definition) is 1. The SMILES string of the molecule is CC(C)CNc1nccn1CC1(C)CCCO1. The highest BCUT2D eigenvalue weighted by Crippen LogP contribution is 2.27. The second kappa shape index (κ2) is 5.08. The number of nitrogens with zero attached hydrogens (tertiary/aromatic N) is 2. The van der Waals surface area contributed by atoms with E-state index in [0.29, 0.717) is 5.92 Å². The Labute approximate surface area is 103 Å². The number of aromatic nitrogens is 2. The summed E-state index contributed by atoms with van der Waals surface area (Å²) >= 11 is 0. The van der Waals surface area contributed by atoms with Gasteiger partial charge in [0.25, 0.3) is 0 Å². The van der Waals surface area contributed by atoms with E-state index in [-0.39, 0.29) is 5.60 Å². The van der Waals surface area contributed by atoms with Gasteiger partial charge in [0, 0.05) is 25.5 Å². The van der Waals surface area contributed by atoms with Gasteiger partial charge in [-0.3, -0.25) is 0 Å². The Morgan fingerprint density at radius 3 is 3.06 bits per heavy atom. The second-order valence-electron chi connectivity index (χ2n) is 5.56. The maximum Gasteiger partial charge on any atom is 0.202 e. The quantitative estimate of drug-likeness (QED) is 0.855. The van der Waals surface area contributed by atoms with Crippen molar-refractivity contribution in [2.75, 3.05) is 18.5 Å². The lowest BCUT2D eigenvalue weighted by Crippen LogP contribution is -2.30. The molecule has 0 amide bonds. The van der Waals surface area contributed by atoms with Crippen molar-refractivity contribution in [2.45, 2.75) is 45.8 Å². The van der Waals surface area contributed by atoms with Crippen molar-refractivity contribution in [1.29, 1.82) is 0 Å². The summed E-state index contributed by atoms with van der Waals surface area (Å²) in [6.45, 7) is 9.30. The molecule has 1 aliphatic rings. The fourth-order valence-corrected chi connectivity index (χ4v) is 2.22. The first-order valence-electron chi connectivity index (χ1n) is 6.48. The zero-order valence-electron chi connectivity index (χ0n) is 11.1. The zero-order valence-corrected chi connectivity index (χ0v) is 11.1. The Morgan fingerprint density at radius 2 is 2.41 bits per heavy atom. The van der Waals surface area contributed by atoms with Gasteiger partial charge in [0.2, 0.25) is 5.95 Å². The van der Waals surface area contributed by atoms with Crippen LogP contribution in [0.5, 0.6) is 0 Å². The molecule has 96 valence electrons. The third-order valence-corrected chi connectivity index (χ3v) is 3.19. The maximum absolute atomic E-state index is 5.82. The molecule has 1 unspecified atom stereocenters. The van der Waals surface area contributed by atoms with Crippen LogP contribution in [0.2, 0.25) is 0 Å². The molecular weight excluding hydrogens is 214 g/mol. The number of nitrogens with one attached hydrogen (secondary N) is 1. The van der Waals surface area contributed by atoms with Gasteiger partial charge in [-0.25, -0.2) is 4.98 Å². The molecule has 1 aliphatic heterocycles. The summed E-state index contributed by atoms with van der Waals surface area (Å²) in [5.74, 6) is 1.58. The molecule has 1 aromatic heterocycles. The first-order valence-corrected chi connectivity index (χ1v) is 6.48. The topological polar surface area (TPSA) is 39.1 Å². The van der Waals surface area contributed by atoms with E-state index in [0.717, 1.165) is 32.1 Å². The predicted octanol–water partition coefficient (Wildman–Crippen LogP) is 2.52. The molecule has 1 atom stereocenters. The van der Waals surface area contributed by atoms with Crippen LogP contribution in [-0.2, 0) is 11.3 Å². The van der Waals surface area contributed by atoms with Crippen molar-refractivity contribution in [3.05, 3.63) is 12.4 Å². The number of anilines is 1. The van der Waals surface area contributed by atoms with Crippen LogP contribution in [0.1, 0.15) is 33.6 Å². The third kappa shape index (κ3) is 3.22. The van der Waals surface area contributed by atoms with Gasteiger partial charge in [-0.2, -0.15) is 0 Å². The van der Waals surface area contributed by atoms with E-state index in [1.165, 1.54) is 6.42 Å². The fraction of sp³-hybridized carbons (Fsp3) is 0.769. The normalized spacial score (nSPS) is 24.5. The molecule has 17 heavy (non-hydrogen) atoms. The Bertz CT molecular complexity index is 353. The molecule has 1 saturated heterocycles. The number of imidazole rings is 1. The predicted molar refractivity (Wildman–Crippen MR) is 69.1 cm³/mol. The molecule has 1 N–H and O–H groups in total. The zero-order chi connectivity index (χ0) is 12.3. The Morgan fingerprint density at radius 1 is 1.59 bits per heavy atom. The Hall–Kier alpha value is -1.03. The molecule has 2 rings (SSSR count). The molecule has 0 aliphatic carbocycles. The van der Waals surface area contributed by atoms with E-state index >= 15 is 0 Å². The molecule has 1 fully saturated rings.